The Morgan fingerprint density at radius 3 is 2.74 bits per heavy atom. The molecule has 122 valence electrons. The second kappa shape index (κ2) is 6.94. The Hall–Kier alpha value is -2.17. The van der Waals surface area contributed by atoms with E-state index >= 15 is 0 Å². The van der Waals surface area contributed by atoms with Crippen molar-refractivity contribution in [3.05, 3.63) is 30.3 Å². The van der Waals surface area contributed by atoms with Crippen LogP contribution in [0.4, 0.5) is 5.69 Å². The van der Waals surface area contributed by atoms with Gasteiger partial charge in [-0.05, 0) is 37.8 Å². The van der Waals surface area contributed by atoms with Gasteiger partial charge in [-0.1, -0.05) is 25.1 Å². The first-order valence-electron chi connectivity index (χ1n) is 8.47. The summed E-state index contributed by atoms with van der Waals surface area (Å²) in [5, 5.41) is 5.76. The molecule has 1 atom stereocenters. The second-order valence-corrected chi connectivity index (χ2v) is 6.14. The van der Waals surface area contributed by atoms with Crippen molar-refractivity contribution in [2.24, 2.45) is 5.10 Å². The Labute approximate surface area is 137 Å². The molecule has 0 unspecified atom stereocenters. The highest BCUT2D eigenvalue weighted by atomic mass is 16.2. The highest BCUT2D eigenvalue weighted by Crippen LogP contribution is 2.23. The van der Waals surface area contributed by atoms with Crippen LogP contribution in [0.5, 0.6) is 0 Å². The van der Waals surface area contributed by atoms with Crippen LogP contribution >= 0.6 is 0 Å². The van der Waals surface area contributed by atoms with E-state index in [1.54, 1.807) is 0 Å². The van der Waals surface area contributed by atoms with E-state index in [1.165, 1.54) is 11.4 Å². The number of rotatable bonds is 3. The molecule has 2 heterocycles. The molecule has 0 saturated carbocycles. The van der Waals surface area contributed by atoms with Gasteiger partial charge in [0.2, 0.25) is 5.91 Å². The highest BCUT2D eigenvalue weighted by Gasteiger charge is 2.32. The number of hydrogen-bond acceptors (Lipinski definition) is 3. The molecule has 1 aromatic carbocycles. The van der Waals surface area contributed by atoms with E-state index in [1.807, 2.05) is 35.2 Å². The van der Waals surface area contributed by atoms with Gasteiger partial charge in [0.1, 0.15) is 5.71 Å². The minimum atomic E-state index is -0.0570. The van der Waals surface area contributed by atoms with Gasteiger partial charge in [0.05, 0.1) is 5.69 Å². The third-order valence-corrected chi connectivity index (χ3v) is 4.64. The van der Waals surface area contributed by atoms with Crippen LogP contribution in [-0.4, -0.2) is 35.0 Å². The summed E-state index contributed by atoms with van der Waals surface area (Å²) in [5.74, 6) is -0.0524. The number of para-hydroxylation sites is 1. The van der Waals surface area contributed by atoms with Crippen LogP contribution in [0.3, 0.4) is 0 Å². The number of benzene rings is 1. The summed E-state index contributed by atoms with van der Waals surface area (Å²) in [6.45, 7) is 2.92. The molecule has 3 rings (SSSR count). The van der Waals surface area contributed by atoms with Crippen molar-refractivity contribution >= 4 is 23.2 Å². The fourth-order valence-corrected chi connectivity index (χ4v) is 3.34. The van der Waals surface area contributed by atoms with Crippen LogP contribution < -0.4 is 5.01 Å². The van der Waals surface area contributed by atoms with Crippen LogP contribution in [0.15, 0.2) is 35.4 Å². The Balaban J connectivity index is 1.83. The molecule has 2 amide bonds. The predicted octanol–water partition coefficient (Wildman–Crippen LogP) is 2.96. The fourth-order valence-electron chi connectivity index (χ4n) is 3.34. The Bertz CT molecular complexity index is 612. The SMILES string of the molecule is CC[C@H]1CCCCN1C(=O)C1=NN(c2ccccc2)C(=O)CC1. The molecular formula is C18H23N3O2. The molecule has 2 aliphatic heterocycles. The molecule has 0 spiro atoms. The number of hydrogen-bond donors (Lipinski definition) is 0. The summed E-state index contributed by atoms with van der Waals surface area (Å²) in [6, 6.07) is 9.61. The zero-order chi connectivity index (χ0) is 16.2. The van der Waals surface area contributed by atoms with E-state index in [4.69, 9.17) is 0 Å². The zero-order valence-corrected chi connectivity index (χ0v) is 13.6. The van der Waals surface area contributed by atoms with Crippen molar-refractivity contribution in [2.45, 2.75) is 51.5 Å². The van der Waals surface area contributed by atoms with Gasteiger partial charge < -0.3 is 4.90 Å². The number of carbonyl (C=O) groups excluding carboxylic acids is 2. The molecule has 1 saturated heterocycles. The third-order valence-electron chi connectivity index (χ3n) is 4.64. The molecule has 1 fully saturated rings. The van der Waals surface area contributed by atoms with Crippen LogP contribution in [0.2, 0.25) is 0 Å². The van der Waals surface area contributed by atoms with Crippen molar-refractivity contribution in [1.29, 1.82) is 0 Å². The van der Waals surface area contributed by atoms with Gasteiger partial charge in [-0.25, -0.2) is 5.01 Å². The molecule has 5 heteroatoms. The molecule has 0 N–H and O–H groups in total. The van der Waals surface area contributed by atoms with Crippen molar-refractivity contribution in [2.75, 3.05) is 11.6 Å². The minimum absolute atomic E-state index is 0.00461. The summed E-state index contributed by atoms with van der Waals surface area (Å²) < 4.78 is 0. The van der Waals surface area contributed by atoms with E-state index in [0.29, 0.717) is 30.3 Å². The third kappa shape index (κ3) is 3.28. The minimum Gasteiger partial charge on any atom is -0.335 e. The average Bonchev–Trinajstić information content (AvgIpc) is 2.62. The zero-order valence-electron chi connectivity index (χ0n) is 13.6. The van der Waals surface area contributed by atoms with Crippen LogP contribution in [0, 0.1) is 0 Å². The number of nitrogens with zero attached hydrogens (tertiary/aromatic N) is 3. The van der Waals surface area contributed by atoms with E-state index in [2.05, 4.69) is 12.0 Å². The van der Waals surface area contributed by atoms with Gasteiger partial charge in [0.15, 0.2) is 0 Å². The Morgan fingerprint density at radius 2 is 2.00 bits per heavy atom. The molecule has 0 radical (unpaired) electrons. The fraction of sp³-hybridized carbons (Fsp3) is 0.500. The van der Waals surface area contributed by atoms with Crippen molar-refractivity contribution in [3.63, 3.8) is 0 Å². The quantitative estimate of drug-likeness (QED) is 0.861. The van der Waals surface area contributed by atoms with Gasteiger partial charge in [0.25, 0.3) is 5.91 Å². The highest BCUT2D eigenvalue weighted by molar-refractivity contribution is 6.40. The van der Waals surface area contributed by atoms with E-state index in [9.17, 15) is 9.59 Å². The lowest BCUT2D eigenvalue weighted by Crippen LogP contribution is -2.48. The van der Waals surface area contributed by atoms with Crippen molar-refractivity contribution in [3.8, 4) is 0 Å². The molecule has 5 nitrogen and oxygen atoms in total. The maximum atomic E-state index is 12.9. The van der Waals surface area contributed by atoms with Crippen LogP contribution in [-0.2, 0) is 9.59 Å². The molecule has 0 bridgehead atoms. The van der Waals surface area contributed by atoms with E-state index < -0.39 is 0 Å². The molecular weight excluding hydrogens is 290 g/mol. The molecule has 0 aromatic heterocycles. The number of amides is 2. The predicted molar refractivity (Wildman–Crippen MR) is 90.2 cm³/mol. The normalized spacial score (nSPS) is 22.0. The molecule has 23 heavy (non-hydrogen) atoms. The number of anilines is 1. The standard InChI is InChI=1S/C18H23N3O2/c1-2-14-8-6-7-13-20(14)18(23)16-11-12-17(22)21(19-16)15-9-4-3-5-10-15/h3-5,9-10,14H,2,6-8,11-13H2,1H3/t14-/m0/s1. The summed E-state index contributed by atoms with van der Waals surface area (Å²) in [7, 11) is 0. The first-order chi connectivity index (χ1) is 11.2. The second-order valence-electron chi connectivity index (χ2n) is 6.14. The van der Waals surface area contributed by atoms with Gasteiger partial charge in [-0.15, -0.1) is 0 Å². The Kier molecular flexibility index (Phi) is 4.74. The summed E-state index contributed by atoms with van der Waals surface area (Å²) in [6.07, 6.45) is 5.05. The van der Waals surface area contributed by atoms with Gasteiger partial charge in [-0.2, -0.15) is 5.10 Å². The summed E-state index contributed by atoms with van der Waals surface area (Å²) >= 11 is 0. The van der Waals surface area contributed by atoms with Gasteiger partial charge >= 0.3 is 0 Å². The van der Waals surface area contributed by atoms with Crippen molar-refractivity contribution < 1.29 is 9.59 Å². The number of piperidine rings is 1. The molecule has 0 aliphatic carbocycles. The van der Waals surface area contributed by atoms with E-state index in [-0.39, 0.29) is 11.8 Å². The average molecular weight is 313 g/mol. The van der Waals surface area contributed by atoms with Gasteiger partial charge in [-0.3, -0.25) is 9.59 Å². The molecule has 2 aliphatic rings. The first kappa shape index (κ1) is 15.7. The van der Waals surface area contributed by atoms with Gasteiger partial charge in [0, 0.05) is 25.4 Å². The summed E-state index contributed by atoms with van der Waals surface area (Å²) in [4.78, 5) is 27.0. The van der Waals surface area contributed by atoms with E-state index in [0.717, 1.165) is 25.8 Å². The topological polar surface area (TPSA) is 53.0 Å². The Morgan fingerprint density at radius 1 is 1.22 bits per heavy atom. The molecule has 1 aromatic rings. The lowest BCUT2D eigenvalue weighted by atomic mass is 9.98. The summed E-state index contributed by atoms with van der Waals surface area (Å²) in [5.41, 5.74) is 1.22. The smallest absolute Gasteiger partial charge is 0.270 e. The van der Waals surface area contributed by atoms with Crippen molar-refractivity contribution in [1.82, 2.24) is 4.90 Å². The number of carbonyl (C=O) groups is 2. The lowest BCUT2D eigenvalue weighted by molar-refractivity contribution is -0.127. The first-order valence-corrected chi connectivity index (χ1v) is 8.47. The largest absolute Gasteiger partial charge is 0.335 e. The maximum absolute atomic E-state index is 12.9. The monoisotopic (exact) mass is 313 g/mol. The number of hydrazone groups is 1. The van der Waals surface area contributed by atoms with Crippen LogP contribution in [0.1, 0.15) is 45.4 Å². The lowest BCUT2D eigenvalue weighted by Gasteiger charge is -2.36. The number of likely N-dealkylation sites (tertiary alicyclic amines) is 1. The maximum Gasteiger partial charge on any atom is 0.270 e. The van der Waals surface area contributed by atoms with Crippen LogP contribution in [0.25, 0.3) is 0 Å².